The van der Waals surface area contributed by atoms with Crippen molar-refractivity contribution in [3.05, 3.63) is 36.4 Å². The zero-order valence-electron chi connectivity index (χ0n) is 15.0. The van der Waals surface area contributed by atoms with Gasteiger partial charge < -0.3 is 24.6 Å². The largest absolute Gasteiger partial charge is 0.481 e. The minimum absolute atomic E-state index is 0.133. The van der Waals surface area contributed by atoms with Crippen LogP contribution in [0.4, 0.5) is 5.69 Å². The maximum atomic E-state index is 12.3. The van der Waals surface area contributed by atoms with Gasteiger partial charge in [0, 0.05) is 29.7 Å². The molecule has 2 N–H and O–H groups in total. The average molecular weight is 373 g/mol. The van der Waals surface area contributed by atoms with E-state index in [-0.39, 0.29) is 18.4 Å². The van der Waals surface area contributed by atoms with Crippen molar-refractivity contribution in [2.24, 2.45) is 0 Å². The van der Waals surface area contributed by atoms with Gasteiger partial charge in [-0.15, -0.1) is 0 Å². The summed E-state index contributed by atoms with van der Waals surface area (Å²) in [5, 5.41) is 13.2. The number of carbonyl (C=O) groups is 2. The quantitative estimate of drug-likeness (QED) is 0.739. The second kappa shape index (κ2) is 9.34. The monoisotopic (exact) mass is 373 g/mol. The van der Waals surface area contributed by atoms with E-state index in [9.17, 15) is 9.59 Å². The normalized spacial score (nSPS) is 14.8. The first-order valence-corrected chi connectivity index (χ1v) is 8.99. The Bertz CT molecular complexity index is 800. The van der Waals surface area contributed by atoms with Gasteiger partial charge in [0.05, 0.1) is 19.1 Å². The van der Waals surface area contributed by atoms with E-state index in [0.717, 1.165) is 23.6 Å². The highest BCUT2D eigenvalue weighted by molar-refractivity contribution is 6.04. The molecule has 0 bridgehead atoms. The van der Waals surface area contributed by atoms with Crippen molar-refractivity contribution >= 4 is 28.3 Å². The SMILES string of the molecule is O=C(O)COc1ccc(NC(=O)CCOC2CCOCC2)c2ccccc12. The van der Waals surface area contributed by atoms with Crippen molar-refractivity contribution < 1.29 is 28.9 Å². The lowest BCUT2D eigenvalue weighted by molar-refractivity contribution is -0.139. The lowest BCUT2D eigenvalue weighted by Gasteiger charge is -2.22. The average Bonchev–Trinajstić information content (AvgIpc) is 2.68. The molecule has 1 aliphatic rings. The molecule has 1 heterocycles. The molecule has 7 heteroatoms. The van der Waals surface area contributed by atoms with Crippen molar-refractivity contribution in [2.75, 3.05) is 31.7 Å². The van der Waals surface area contributed by atoms with Crippen LogP contribution in [-0.4, -0.2) is 49.5 Å². The van der Waals surface area contributed by atoms with Crippen LogP contribution >= 0.6 is 0 Å². The molecule has 0 unspecified atom stereocenters. The molecule has 0 saturated carbocycles. The van der Waals surface area contributed by atoms with Gasteiger partial charge in [-0.3, -0.25) is 4.79 Å². The summed E-state index contributed by atoms with van der Waals surface area (Å²) in [5.74, 6) is -0.707. The van der Waals surface area contributed by atoms with Crippen LogP contribution < -0.4 is 10.1 Å². The van der Waals surface area contributed by atoms with Gasteiger partial charge in [0.15, 0.2) is 6.61 Å². The van der Waals surface area contributed by atoms with E-state index in [1.54, 1.807) is 12.1 Å². The third-order valence-electron chi connectivity index (χ3n) is 4.36. The third kappa shape index (κ3) is 5.42. The lowest BCUT2D eigenvalue weighted by Crippen LogP contribution is -2.25. The molecule has 0 spiro atoms. The molecule has 27 heavy (non-hydrogen) atoms. The number of carbonyl (C=O) groups excluding carboxylic acids is 1. The minimum Gasteiger partial charge on any atom is -0.481 e. The maximum absolute atomic E-state index is 12.3. The molecule has 1 amide bonds. The highest BCUT2D eigenvalue weighted by Gasteiger charge is 2.15. The van der Waals surface area contributed by atoms with Crippen molar-refractivity contribution in [3.63, 3.8) is 0 Å². The van der Waals surface area contributed by atoms with Gasteiger partial charge in [-0.25, -0.2) is 4.79 Å². The number of fused-ring (bicyclic) bond motifs is 1. The molecule has 1 aliphatic heterocycles. The number of hydrogen-bond donors (Lipinski definition) is 2. The fraction of sp³-hybridized carbons (Fsp3) is 0.400. The summed E-state index contributed by atoms with van der Waals surface area (Å²) in [7, 11) is 0. The van der Waals surface area contributed by atoms with E-state index in [2.05, 4.69) is 5.32 Å². The Morgan fingerprint density at radius 3 is 2.59 bits per heavy atom. The van der Waals surface area contributed by atoms with E-state index in [1.165, 1.54) is 0 Å². The first kappa shape index (κ1) is 19.1. The Labute approximate surface area is 157 Å². The number of nitrogens with one attached hydrogen (secondary N) is 1. The van der Waals surface area contributed by atoms with E-state index >= 15 is 0 Å². The van der Waals surface area contributed by atoms with E-state index in [1.807, 2.05) is 24.3 Å². The third-order valence-corrected chi connectivity index (χ3v) is 4.36. The number of aliphatic carboxylic acids is 1. The Morgan fingerprint density at radius 1 is 1.11 bits per heavy atom. The number of amides is 1. The second-order valence-electron chi connectivity index (χ2n) is 6.32. The number of rotatable bonds is 8. The van der Waals surface area contributed by atoms with Crippen LogP contribution in [0.15, 0.2) is 36.4 Å². The summed E-state index contributed by atoms with van der Waals surface area (Å²) >= 11 is 0. The fourth-order valence-electron chi connectivity index (χ4n) is 3.02. The smallest absolute Gasteiger partial charge is 0.341 e. The van der Waals surface area contributed by atoms with Crippen LogP contribution in [0.25, 0.3) is 10.8 Å². The molecule has 144 valence electrons. The molecule has 7 nitrogen and oxygen atoms in total. The molecular weight excluding hydrogens is 350 g/mol. The van der Waals surface area contributed by atoms with Crippen LogP contribution in [0, 0.1) is 0 Å². The Kier molecular flexibility index (Phi) is 6.62. The van der Waals surface area contributed by atoms with E-state index < -0.39 is 12.6 Å². The van der Waals surface area contributed by atoms with Gasteiger partial charge in [-0.2, -0.15) is 0 Å². The van der Waals surface area contributed by atoms with Crippen molar-refractivity contribution in [1.29, 1.82) is 0 Å². The Hall–Kier alpha value is -2.64. The van der Waals surface area contributed by atoms with Crippen LogP contribution in [0.5, 0.6) is 5.75 Å². The zero-order chi connectivity index (χ0) is 19.1. The molecule has 0 aliphatic carbocycles. The van der Waals surface area contributed by atoms with Crippen LogP contribution in [0.3, 0.4) is 0 Å². The summed E-state index contributed by atoms with van der Waals surface area (Å²) < 4.78 is 16.4. The van der Waals surface area contributed by atoms with Crippen molar-refractivity contribution in [2.45, 2.75) is 25.4 Å². The Morgan fingerprint density at radius 2 is 1.85 bits per heavy atom. The van der Waals surface area contributed by atoms with Gasteiger partial charge in [-0.05, 0) is 25.0 Å². The summed E-state index contributed by atoms with van der Waals surface area (Å²) in [6.07, 6.45) is 2.16. The second-order valence-corrected chi connectivity index (χ2v) is 6.32. The predicted molar refractivity (Wildman–Crippen MR) is 100 cm³/mol. The Balaban J connectivity index is 1.61. The molecule has 1 fully saturated rings. The van der Waals surface area contributed by atoms with Crippen molar-refractivity contribution in [1.82, 2.24) is 0 Å². The standard InChI is InChI=1S/C20H23NO6/c22-19(9-12-26-14-7-10-25-11-8-14)21-17-5-6-18(27-13-20(23)24)16-4-2-1-3-15(16)17/h1-6,14H,7-13H2,(H,21,22)(H,23,24). The highest BCUT2D eigenvalue weighted by Crippen LogP contribution is 2.31. The predicted octanol–water partition coefficient (Wildman–Crippen LogP) is 2.83. The number of ether oxygens (including phenoxy) is 3. The van der Waals surface area contributed by atoms with Gasteiger partial charge in [0.2, 0.25) is 5.91 Å². The zero-order valence-corrected chi connectivity index (χ0v) is 15.0. The van der Waals surface area contributed by atoms with E-state index in [0.29, 0.717) is 31.3 Å². The summed E-state index contributed by atoms with van der Waals surface area (Å²) in [5.41, 5.74) is 0.657. The topological polar surface area (TPSA) is 94.1 Å². The fourth-order valence-corrected chi connectivity index (χ4v) is 3.02. The van der Waals surface area contributed by atoms with Gasteiger partial charge >= 0.3 is 5.97 Å². The van der Waals surface area contributed by atoms with Crippen LogP contribution in [0.1, 0.15) is 19.3 Å². The first-order chi connectivity index (χ1) is 13.1. The highest BCUT2D eigenvalue weighted by atomic mass is 16.5. The van der Waals surface area contributed by atoms with Crippen LogP contribution in [-0.2, 0) is 19.1 Å². The van der Waals surface area contributed by atoms with Gasteiger partial charge in [-0.1, -0.05) is 24.3 Å². The molecular formula is C20H23NO6. The molecule has 2 aromatic rings. The summed E-state index contributed by atoms with van der Waals surface area (Å²) in [4.78, 5) is 23.0. The molecule has 0 atom stereocenters. The number of benzene rings is 2. The summed E-state index contributed by atoms with van der Waals surface area (Å²) in [6, 6.07) is 10.8. The number of carboxylic acid groups (broad SMARTS) is 1. The van der Waals surface area contributed by atoms with Crippen LogP contribution in [0.2, 0.25) is 0 Å². The number of carboxylic acids is 1. The molecule has 0 aromatic heterocycles. The molecule has 3 rings (SSSR count). The molecule has 2 aromatic carbocycles. The number of anilines is 1. The summed E-state index contributed by atoms with van der Waals surface area (Å²) in [6.45, 7) is 1.37. The minimum atomic E-state index is -1.04. The number of hydrogen-bond acceptors (Lipinski definition) is 5. The molecule has 0 radical (unpaired) electrons. The lowest BCUT2D eigenvalue weighted by atomic mass is 10.1. The first-order valence-electron chi connectivity index (χ1n) is 8.99. The van der Waals surface area contributed by atoms with E-state index in [4.69, 9.17) is 19.3 Å². The maximum Gasteiger partial charge on any atom is 0.341 e. The van der Waals surface area contributed by atoms with Gasteiger partial charge in [0.1, 0.15) is 5.75 Å². The van der Waals surface area contributed by atoms with Gasteiger partial charge in [0.25, 0.3) is 0 Å². The van der Waals surface area contributed by atoms with Crippen molar-refractivity contribution in [3.8, 4) is 5.75 Å². The molecule has 1 saturated heterocycles.